The predicted molar refractivity (Wildman–Crippen MR) is 64.4 cm³/mol. The van der Waals surface area contributed by atoms with Gasteiger partial charge in [-0.3, -0.25) is 9.59 Å². The minimum atomic E-state index is -1.03. The van der Waals surface area contributed by atoms with Crippen molar-refractivity contribution in [3.63, 3.8) is 0 Å². The summed E-state index contributed by atoms with van der Waals surface area (Å²) in [6.07, 6.45) is 0. The Morgan fingerprint density at radius 1 is 1.39 bits per heavy atom. The Balaban J connectivity index is 2.98. The second-order valence-corrected chi connectivity index (χ2v) is 4.67. The smallest absolute Gasteiger partial charge is 0.323 e. The van der Waals surface area contributed by atoms with Crippen LogP contribution in [0.25, 0.3) is 0 Å². The average molecular weight is 254 g/mol. The molecule has 6 heteroatoms. The lowest BCUT2D eigenvalue weighted by Gasteiger charge is -2.22. The molecule has 1 amide bonds. The van der Waals surface area contributed by atoms with Crippen LogP contribution in [0.3, 0.4) is 0 Å². The summed E-state index contributed by atoms with van der Waals surface area (Å²) >= 11 is 0. The first-order chi connectivity index (χ1) is 8.32. The number of carboxylic acid groups (broad SMARTS) is 1. The van der Waals surface area contributed by atoms with Gasteiger partial charge >= 0.3 is 5.97 Å². The molecule has 0 aliphatic rings. The Hall–Kier alpha value is -1.85. The minimum absolute atomic E-state index is 0.189. The number of carbonyl (C=O) groups excluding carboxylic acids is 1. The van der Waals surface area contributed by atoms with E-state index in [-0.39, 0.29) is 18.4 Å². The van der Waals surface area contributed by atoms with Crippen molar-refractivity contribution in [2.75, 3.05) is 13.1 Å². The van der Waals surface area contributed by atoms with Gasteiger partial charge in [-0.25, -0.2) is 0 Å². The van der Waals surface area contributed by atoms with Crippen LogP contribution in [0.2, 0.25) is 0 Å². The fourth-order valence-electron chi connectivity index (χ4n) is 1.77. The van der Waals surface area contributed by atoms with Gasteiger partial charge in [0.2, 0.25) is 0 Å². The number of aryl methyl sites for hydroxylation is 2. The summed E-state index contributed by atoms with van der Waals surface area (Å²) < 4.78 is 4.93. The van der Waals surface area contributed by atoms with Gasteiger partial charge in [0.05, 0.1) is 5.69 Å². The van der Waals surface area contributed by atoms with E-state index in [0.717, 1.165) is 0 Å². The van der Waals surface area contributed by atoms with E-state index in [0.29, 0.717) is 23.6 Å². The highest BCUT2D eigenvalue weighted by Crippen LogP contribution is 2.16. The second-order valence-electron chi connectivity index (χ2n) is 4.67. The van der Waals surface area contributed by atoms with E-state index in [4.69, 9.17) is 9.63 Å². The number of amides is 1. The number of nitrogens with zero attached hydrogens (tertiary/aromatic N) is 2. The van der Waals surface area contributed by atoms with Crippen molar-refractivity contribution in [1.29, 1.82) is 0 Å². The molecule has 0 radical (unpaired) electrons. The molecule has 0 aliphatic heterocycles. The van der Waals surface area contributed by atoms with E-state index >= 15 is 0 Å². The van der Waals surface area contributed by atoms with Gasteiger partial charge in [-0.2, -0.15) is 0 Å². The van der Waals surface area contributed by atoms with Gasteiger partial charge in [-0.15, -0.1) is 0 Å². The Labute approximate surface area is 106 Å². The zero-order valence-corrected chi connectivity index (χ0v) is 11.1. The zero-order chi connectivity index (χ0) is 13.9. The molecule has 18 heavy (non-hydrogen) atoms. The van der Waals surface area contributed by atoms with Crippen LogP contribution >= 0.6 is 0 Å². The first kappa shape index (κ1) is 14.2. The molecule has 1 aromatic rings. The van der Waals surface area contributed by atoms with Crippen LogP contribution in [0, 0.1) is 19.8 Å². The minimum Gasteiger partial charge on any atom is -0.480 e. The maximum Gasteiger partial charge on any atom is 0.323 e. The van der Waals surface area contributed by atoms with Crippen molar-refractivity contribution in [1.82, 2.24) is 10.1 Å². The fourth-order valence-corrected chi connectivity index (χ4v) is 1.77. The molecule has 6 nitrogen and oxygen atoms in total. The number of hydrogen-bond donors (Lipinski definition) is 1. The maximum atomic E-state index is 12.3. The van der Waals surface area contributed by atoms with Gasteiger partial charge in [-0.05, 0) is 19.8 Å². The van der Waals surface area contributed by atoms with E-state index in [1.54, 1.807) is 13.8 Å². The highest BCUT2D eigenvalue weighted by molar-refractivity contribution is 5.97. The van der Waals surface area contributed by atoms with E-state index in [9.17, 15) is 9.59 Å². The van der Waals surface area contributed by atoms with Crippen molar-refractivity contribution in [2.45, 2.75) is 27.7 Å². The molecule has 1 N–H and O–H groups in total. The molecule has 1 heterocycles. The summed E-state index contributed by atoms with van der Waals surface area (Å²) in [5.41, 5.74) is 0.841. The predicted octanol–water partition coefficient (Wildman–Crippen LogP) is 1.47. The lowest BCUT2D eigenvalue weighted by atomic mass is 10.1. The van der Waals surface area contributed by atoms with Crippen LogP contribution in [0.5, 0.6) is 0 Å². The van der Waals surface area contributed by atoms with Crippen molar-refractivity contribution < 1.29 is 19.2 Å². The normalized spacial score (nSPS) is 10.7. The molecule has 100 valence electrons. The fraction of sp³-hybridized carbons (Fsp3) is 0.583. The Bertz CT molecular complexity index is 431. The summed E-state index contributed by atoms with van der Waals surface area (Å²) in [7, 11) is 0. The van der Waals surface area contributed by atoms with Gasteiger partial charge in [0.15, 0.2) is 0 Å². The molecule has 0 fully saturated rings. The van der Waals surface area contributed by atoms with Crippen LogP contribution in [0.15, 0.2) is 4.52 Å². The summed E-state index contributed by atoms with van der Waals surface area (Å²) in [5.74, 6) is -0.775. The summed E-state index contributed by atoms with van der Waals surface area (Å²) in [6, 6.07) is 0. The molecule has 0 unspecified atom stereocenters. The number of carboxylic acids is 1. The van der Waals surface area contributed by atoms with Crippen LogP contribution in [0.1, 0.15) is 35.7 Å². The van der Waals surface area contributed by atoms with Gasteiger partial charge in [0.25, 0.3) is 5.91 Å². The third-order valence-corrected chi connectivity index (χ3v) is 2.45. The molecule has 1 aromatic heterocycles. The van der Waals surface area contributed by atoms with Crippen LogP contribution in [-0.4, -0.2) is 40.1 Å². The number of rotatable bonds is 5. The number of hydrogen-bond acceptors (Lipinski definition) is 4. The number of aliphatic carboxylic acids is 1. The lowest BCUT2D eigenvalue weighted by molar-refractivity contribution is -0.137. The van der Waals surface area contributed by atoms with Crippen LogP contribution in [0.4, 0.5) is 0 Å². The molecule has 0 spiro atoms. The van der Waals surface area contributed by atoms with Gasteiger partial charge in [0, 0.05) is 6.54 Å². The first-order valence-electron chi connectivity index (χ1n) is 5.76. The topological polar surface area (TPSA) is 83.6 Å². The Morgan fingerprint density at radius 3 is 2.39 bits per heavy atom. The molecule has 0 atom stereocenters. The SMILES string of the molecule is Cc1noc(C)c1C(=O)N(CC(=O)O)CC(C)C. The van der Waals surface area contributed by atoms with Crippen LogP contribution < -0.4 is 0 Å². The Kier molecular flexibility index (Phi) is 4.47. The zero-order valence-electron chi connectivity index (χ0n) is 11.1. The molecule has 0 saturated carbocycles. The average Bonchev–Trinajstić information content (AvgIpc) is 2.55. The number of aromatic nitrogens is 1. The maximum absolute atomic E-state index is 12.3. The van der Waals surface area contributed by atoms with Crippen molar-refractivity contribution in [3.05, 3.63) is 17.0 Å². The molecular formula is C12H18N2O4. The summed E-state index contributed by atoms with van der Waals surface area (Å²) in [6.45, 7) is 7.22. The molecule has 0 bridgehead atoms. The van der Waals surface area contributed by atoms with E-state index in [2.05, 4.69) is 5.16 Å². The molecular weight excluding hydrogens is 236 g/mol. The highest BCUT2D eigenvalue weighted by Gasteiger charge is 2.25. The summed E-state index contributed by atoms with van der Waals surface area (Å²) in [4.78, 5) is 24.4. The molecule has 0 aromatic carbocycles. The monoisotopic (exact) mass is 254 g/mol. The molecule has 1 rings (SSSR count). The van der Waals surface area contributed by atoms with Crippen LogP contribution in [-0.2, 0) is 4.79 Å². The molecule has 0 saturated heterocycles. The Morgan fingerprint density at radius 2 is 2.00 bits per heavy atom. The standard InChI is InChI=1S/C12H18N2O4/c1-7(2)5-14(6-10(15)16)12(17)11-8(3)13-18-9(11)4/h7H,5-6H2,1-4H3,(H,15,16). The quantitative estimate of drug-likeness (QED) is 0.860. The van der Waals surface area contributed by atoms with E-state index in [1.807, 2.05) is 13.8 Å². The number of carbonyl (C=O) groups is 2. The third-order valence-electron chi connectivity index (χ3n) is 2.45. The lowest BCUT2D eigenvalue weighted by Crippen LogP contribution is -2.38. The van der Waals surface area contributed by atoms with Gasteiger partial charge in [0.1, 0.15) is 17.9 Å². The highest BCUT2D eigenvalue weighted by atomic mass is 16.5. The van der Waals surface area contributed by atoms with Gasteiger partial charge in [-0.1, -0.05) is 19.0 Å². The largest absolute Gasteiger partial charge is 0.480 e. The van der Waals surface area contributed by atoms with E-state index < -0.39 is 5.97 Å². The summed E-state index contributed by atoms with van der Waals surface area (Å²) in [5, 5.41) is 12.6. The van der Waals surface area contributed by atoms with Crippen molar-refractivity contribution >= 4 is 11.9 Å². The van der Waals surface area contributed by atoms with E-state index in [1.165, 1.54) is 4.90 Å². The van der Waals surface area contributed by atoms with Crippen molar-refractivity contribution in [3.8, 4) is 0 Å². The molecule has 0 aliphatic carbocycles. The van der Waals surface area contributed by atoms with Crippen molar-refractivity contribution in [2.24, 2.45) is 5.92 Å². The van der Waals surface area contributed by atoms with Gasteiger partial charge < -0.3 is 14.5 Å². The second kappa shape index (κ2) is 5.66. The first-order valence-corrected chi connectivity index (χ1v) is 5.76. The third kappa shape index (κ3) is 3.32.